The van der Waals surface area contributed by atoms with Gasteiger partial charge in [-0.1, -0.05) is 41.4 Å². The highest BCUT2D eigenvalue weighted by Crippen LogP contribution is 2.35. The van der Waals surface area contributed by atoms with Crippen molar-refractivity contribution in [2.45, 2.75) is 19.3 Å². The molecule has 0 fully saturated rings. The van der Waals surface area contributed by atoms with E-state index in [0.29, 0.717) is 16.5 Å². The highest BCUT2D eigenvalue weighted by Gasteiger charge is 2.18. The van der Waals surface area contributed by atoms with Gasteiger partial charge in [0.25, 0.3) is 0 Å². The second kappa shape index (κ2) is 6.52. The number of halogens is 2. The van der Waals surface area contributed by atoms with Crippen molar-refractivity contribution in [2.75, 3.05) is 0 Å². The lowest BCUT2D eigenvalue weighted by Crippen LogP contribution is -2.05. The summed E-state index contributed by atoms with van der Waals surface area (Å²) >= 11 is 14.1. The van der Waals surface area contributed by atoms with Gasteiger partial charge in [-0.15, -0.1) is 11.3 Å². The Morgan fingerprint density at radius 2 is 1.83 bits per heavy atom. The van der Waals surface area contributed by atoms with Gasteiger partial charge in [0.1, 0.15) is 0 Å². The molecule has 2 nitrogen and oxygen atoms in total. The first-order valence-corrected chi connectivity index (χ1v) is 8.71. The molecule has 1 unspecified atom stereocenters. The number of fused-ring (bicyclic) bond motifs is 1. The normalized spacial score (nSPS) is 12.5. The van der Waals surface area contributed by atoms with E-state index in [9.17, 15) is 9.90 Å². The van der Waals surface area contributed by atoms with Crippen LogP contribution in [0, 0.1) is 0 Å². The molecule has 5 heteroatoms. The molecule has 0 aliphatic heterocycles. The topological polar surface area (TPSA) is 37.3 Å². The van der Waals surface area contributed by atoms with Crippen LogP contribution in [-0.2, 0) is 11.2 Å². The molecule has 118 valence electrons. The molecule has 0 saturated heterocycles. The summed E-state index contributed by atoms with van der Waals surface area (Å²) in [5.74, 6) is -1.32. The van der Waals surface area contributed by atoms with Crippen LogP contribution in [0.15, 0.2) is 42.5 Å². The number of hydrogen-bond donors (Lipinski definition) is 1. The summed E-state index contributed by atoms with van der Waals surface area (Å²) in [6, 6.07) is 13.5. The van der Waals surface area contributed by atoms with Crippen molar-refractivity contribution >= 4 is 50.6 Å². The average Bonchev–Trinajstić information content (AvgIpc) is 2.95. The first-order valence-electron chi connectivity index (χ1n) is 7.14. The zero-order chi connectivity index (χ0) is 16.6. The number of rotatable bonds is 4. The van der Waals surface area contributed by atoms with E-state index in [1.54, 1.807) is 6.92 Å². The molecule has 0 spiro atoms. The minimum Gasteiger partial charge on any atom is -0.481 e. The van der Waals surface area contributed by atoms with Crippen molar-refractivity contribution < 1.29 is 9.90 Å². The van der Waals surface area contributed by atoms with Crippen LogP contribution >= 0.6 is 34.5 Å². The van der Waals surface area contributed by atoms with Gasteiger partial charge in [0.2, 0.25) is 0 Å². The molecule has 0 aliphatic carbocycles. The van der Waals surface area contributed by atoms with E-state index in [4.69, 9.17) is 23.2 Å². The van der Waals surface area contributed by atoms with Crippen LogP contribution in [0.1, 0.15) is 28.8 Å². The van der Waals surface area contributed by atoms with E-state index in [0.717, 1.165) is 26.1 Å². The lowest BCUT2D eigenvalue weighted by molar-refractivity contribution is -0.138. The molecule has 0 radical (unpaired) electrons. The third-order valence-electron chi connectivity index (χ3n) is 3.90. The second-order valence-electron chi connectivity index (χ2n) is 5.41. The maximum atomic E-state index is 11.2. The molecular formula is C18H14Cl2O2S. The summed E-state index contributed by atoms with van der Waals surface area (Å²) in [7, 11) is 0. The highest BCUT2D eigenvalue weighted by atomic mass is 35.5. The van der Waals surface area contributed by atoms with Crippen molar-refractivity contribution in [3.63, 3.8) is 0 Å². The SMILES string of the molecule is CC(C(=O)O)c1cc2c(Cc3c(Cl)cccc3Cl)cccc2s1. The molecule has 3 aromatic rings. The summed E-state index contributed by atoms with van der Waals surface area (Å²) in [4.78, 5) is 12.1. The van der Waals surface area contributed by atoms with Gasteiger partial charge in [-0.05, 0) is 47.7 Å². The van der Waals surface area contributed by atoms with E-state index in [2.05, 4.69) is 0 Å². The van der Waals surface area contributed by atoms with Gasteiger partial charge in [-0.2, -0.15) is 0 Å². The van der Waals surface area contributed by atoms with Gasteiger partial charge in [0.05, 0.1) is 5.92 Å². The van der Waals surface area contributed by atoms with Crippen molar-refractivity contribution in [2.24, 2.45) is 0 Å². The number of benzene rings is 2. The van der Waals surface area contributed by atoms with Crippen molar-refractivity contribution in [3.05, 3.63) is 68.5 Å². The minimum atomic E-state index is -0.813. The molecule has 0 bridgehead atoms. The fraction of sp³-hybridized carbons (Fsp3) is 0.167. The van der Waals surface area contributed by atoms with Crippen LogP contribution in [-0.4, -0.2) is 11.1 Å². The van der Waals surface area contributed by atoms with E-state index in [-0.39, 0.29) is 0 Å². The highest BCUT2D eigenvalue weighted by molar-refractivity contribution is 7.19. The molecule has 1 aromatic heterocycles. The van der Waals surface area contributed by atoms with Gasteiger partial charge >= 0.3 is 5.97 Å². The lowest BCUT2D eigenvalue weighted by Gasteiger charge is -2.08. The monoisotopic (exact) mass is 364 g/mol. The number of hydrogen-bond acceptors (Lipinski definition) is 2. The maximum absolute atomic E-state index is 11.2. The van der Waals surface area contributed by atoms with Gasteiger partial charge in [-0.25, -0.2) is 0 Å². The van der Waals surface area contributed by atoms with E-state index in [1.165, 1.54) is 11.3 Å². The Balaban J connectivity index is 2.06. The predicted molar refractivity (Wildman–Crippen MR) is 97.1 cm³/mol. The quantitative estimate of drug-likeness (QED) is 0.617. The van der Waals surface area contributed by atoms with Crippen LogP contribution in [0.3, 0.4) is 0 Å². The van der Waals surface area contributed by atoms with Crippen LogP contribution in [0.2, 0.25) is 10.0 Å². The fourth-order valence-electron chi connectivity index (χ4n) is 2.52. The summed E-state index contributed by atoms with van der Waals surface area (Å²) in [5, 5.41) is 11.6. The molecule has 0 amide bonds. The van der Waals surface area contributed by atoms with Crippen LogP contribution in [0.5, 0.6) is 0 Å². The fourth-order valence-corrected chi connectivity index (χ4v) is 4.21. The van der Waals surface area contributed by atoms with Crippen molar-refractivity contribution in [3.8, 4) is 0 Å². The number of thiophene rings is 1. The zero-order valence-electron chi connectivity index (χ0n) is 12.3. The zero-order valence-corrected chi connectivity index (χ0v) is 14.7. The number of aliphatic carboxylic acids is 1. The van der Waals surface area contributed by atoms with Gasteiger partial charge in [0, 0.05) is 26.0 Å². The molecule has 0 aliphatic rings. The first-order chi connectivity index (χ1) is 11.0. The molecule has 23 heavy (non-hydrogen) atoms. The Hall–Kier alpha value is -1.55. The van der Waals surface area contributed by atoms with Crippen LogP contribution in [0.25, 0.3) is 10.1 Å². The molecule has 0 saturated carbocycles. The molecule has 1 atom stereocenters. The minimum absolute atomic E-state index is 0.510. The van der Waals surface area contributed by atoms with E-state index >= 15 is 0 Å². The Morgan fingerprint density at radius 3 is 2.48 bits per heavy atom. The van der Waals surface area contributed by atoms with Crippen molar-refractivity contribution in [1.82, 2.24) is 0 Å². The predicted octanol–water partition coefficient (Wildman–Crippen LogP) is 5.99. The Kier molecular flexibility index (Phi) is 4.62. The summed E-state index contributed by atoms with van der Waals surface area (Å²) < 4.78 is 1.08. The number of carboxylic acids is 1. The summed E-state index contributed by atoms with van der Waals surface area (Å²) in [6.45, 7) is 1.71. The lowest BCUT2D eigenvalue weighted by atomic mass is 10.0. The Morgan fingerprint density at radius 1 is 1.17 bits per heavy atom. The molecular weight excluding hydrogens is 351 g/mol. The maximum Gasteiger partial charge on any atom is 0.311 e. The molecule has 1 heterocycles. The first kappa shape index (κ1) is 16.3. The second-order valence-corrected chi connectivity index (χ2v) is 7.34. The van der Waals surface area contributed by atoms with Crippen LogP contribution in [0.4, 0.5) is 0 Å². The number of carboxylic acid groups (broad SMARTS) is 1. The third-order valence-corrected chi connectivity index (χ3v) is 5.89. The smallest absolute Gasteiger partial charge is 0.311 e. The van der Waals surface area contributed by atoms with E-state index < -0.39 is 11.9 Å². The van der Waals surface area contributed by atoms with E-state index in [1.807, 2.05) is 42.5 Å². The largest absolute Gasteiger partial charge is 0.481 e. The van der Waals surface area contributed by atoms with Crippen molar-refractivity contribution in [1.29, 1.82) is 0 Å². The summed E-state index contributed by atoms with van der Waals surface area (Å²) in [5.41, 5.74) is 1.99. The number of carbonyl (C=O) groups is 1. The average molecular weight is 365 g/mol. The van der Waals surface area contributed by atoms with Crippen LogP contribution < -0.4 is 0 Å². The molecule has 2 aromatic carbocycles. The molecule has 3 rings (SSSR count). The Labute approximate surface area is 148 Å². The third kappa shape index (κ3) is 3.23. The Bertz CT molecular complexity index is 866. The van der Waals surface area contributed by atoms with Gasteiger partial charge in [0.15, 0.2) is 0 Å². The van der Waals surface area contributed by atoms with Gasteiger partial charge < -0.3 is 5.11 Å². The van der Waals surface area contributed by atoms with Gasteiger partial charge in [-0.3, -0.25) is 4.79 Å². The standard InChI is InChI=1S/C18H14Cl2O2S/c1-10(18(21)22)17-9-12-11(4-2-7-16(12)23-17)8-13-14(19)5-3-6-15(13)20/h2-7,9-10H,8H2,1H3,(H,21,22). The summed E-state index contributed by atoms with van der Waals surface area (Å²) in [6.07, 6.45) is 0.619. The molecule has 1 N–H and O–H groups in total.